The minimum Gasteiger partial charge on any atom is -0.490 e. The van der Waals surface area contributed by atoms with E-state index in [0.717, 1.165) is 0 Å². The SMILES string of the molecule is CCOC(=O)c1c(OCC)c2c(=O)n(CC(=O)c3ccccc3)c(CC)cc2n1C. The van der Waals surface area contributed by atoms with E-state index >= 15 is 0 Å². The molecule has 2 heterocycles. The number of esters is 1. The fraction of sp³-hybridized carbons (Fsp3) is 0.348. The highest BCUT2D eigenvalue weighted by Crippen LogP contribution is 2.32. The summed E-state index contributed by atoms with van der Waals surface area (Å²) >= 11 is 0. The maximum absolute atomic E-state index is 13.5. The average Bonchev–Trinajstić information content (AvgIpc) is 3.02. The van der Waals surface area contributed by atoms with Crippen LogP contribution in [0.5, 0.6) is 5.75 Å². The van der Waals surface area contributed by atoms with E-state index in [2.05, 4.69) is 0 Å². The fourth-order valence-corrected chi connectivity index (χ4v) is 3.59. The number of pyridine rings is 1. The number of benzene rings is 1. The number of ketones is 1. The largest absolute Gasteiger partial charge is 0.490 e. The number of rotatable bonds is 8. The normalized spacial score (nSPS) is 10.9. The third-order valence-electron chi connectivity index (χ3n) is 5.02. The Hall–Kier alpha value is -3.35. The Kier molecular flexibility index (Phi) is 6.40. The summed E-state index contributed by atoms with van der Waals surface area (Å²) in [7, 11) is 1.70. The van der Waals surface area contributed by atoms with Crippen molar-refractivity contribution in [2.24, 2.45) is 7.05 Å². The molecule has 0 spiro atoms. The van der Waals surface area contributed by atoms with Gasteiger partial charge in [-0.05, 0) is 26.3 Å². The van der Waals surface area contributed by atoms with Gasteiger partial charge in [0.25, 0.3) is 5.56 Å². The molecule has 0 aliphatic carbocycles. The summed E-state index contributed by atoms with van der Waals surface area (Å²) in [4.78, 5) is 38.8. The first-order valence-electron chi connectivity index (χ1n) is 10.1. The molecule has 3 rings (SSSR count). The third-order valence-corrected chi connectivity index (χ3v) is 5.02. The molecule has 0 saturated heterocycles. The molecule has 0 saturated carbocycles. The summed E-state index contributed by atoms with van der Waals surface area (Å²) in [6.45, 7) is 5.83. The van der Waals surface area contributed by atoms with Gasteiger partial charge in [0, 0.05) is 18.3 Å². The van der Waals surface area contributed by atoms with Gasteiger partial charge in [-0.3, -0.25) is 9.59 Å². The second-order valence-electron chi connectivity index (χ2n) is 6.82. The van der Waals surface area contributed by atoms with Crippen LogP contribution in [0.3, 0.4) is 0 Å². The molecule has 0 aliphatic heterocycles. The van der Waals surface area contributed by atoms with Crippen LogP contribution in [0.15, 0.2) is 41.2 Å². The summed E-state index contributed by atoms with van der Waals surface area (Å²) < 4.78 is 14.0. The van der Waals surface area contributed by atoms with E-state index in [1.54, 1.807) is 49.7 Å². The summed E-state index contributed by atoms with van der Waals surface area (Å²) in [5, 5.41) is 0.278. The zero-order valence-electron chi connectivity index (χ0n) is 17.7. The van der Waals surface area contributed by atoms with Crippen molar-refractivity contribution < 1.29 is 19.1 Å². The van der Waals surface area contributed by atoms with Crippen molar-refractivity contribution >= 4 is 22.7 Å². The minimum absolute atomic E-state index is 0.0862. The maximum Gasteiger partial charge on any atom is 0.358 e. The van der Waals surface area contributed by atoms with Gasteiger partial charge in [-0.25, -0.2) is 4.79 Å². The first-order chi connectivity index (χ1) is 14.4. The number of ether oxygens (including phenoxy) is 2. The lowest BCUT2D eigenvalue weighted by molar-refractivity contribution is 0.0511. The second-order valence-corrected chi connectivity index (χ2v) is 6.82. The van der Waals surface area contributed by atoms with Crippen LogP contribution in [0, 0.1) is 0 Å². The van der Waals surface area contributed by atoms with Crippen molar-refractivity contribution in [3.05, 3.63) is 63.7 Å². The van der Waals surface area contributed by atoms with Crippen LogP contribution in [-0.4, -0.2) is 34.1 Å². The monoisotopic (exact) mass is 410 g/mol. The Bertz CT molecular complexity index is 1140. The smallest absolute Gasteiger partial charge is 0.358 e. The third kappa shape index (κ3) is 3.75. The zero-order chi connectivity index (χ0) is 21.8. The summed E-state index contributed by atoms with van der Waals surface area (Å²) in [6.07, 6.45) is 0.553. The van der Waals surface area contributed by atoms with Gasteiger partial charge >= 0.3 is 5.97 Å². The van der Waals surface area contributed by atoms with Crippen LogP contribution < -0.4 is 10.3 Å². The number of carbonyl (C=O) groups excluding carboxylic acids is 2. The van der Waals surface area contributed by atoms with Gasteiger partial charge in [0.1, 0.15) is 5.39 Å². The lowest BCUT2D eigenvalue weighted by atomic mass is 10.1. The molecule has 0 fully saturated rings. The van der Waals surface area contributed by atoms with E-state index in [1.807, 2.05) is 19.1 Å². The molecule has 0 aliphatic rings. The lowest BCUT2D eigenvalue weighted by Crippen LogP contribution is -2.27. The summed E-state index contributed by atoms with van der Waals surface area (Å²) in [5.41, 5.74) is 1.66. The molecule has 30 heavy (non-hydrogen) atoms. The van der Waals surface area contributed by atoms with Gasteiger partial charge in [0.2, 0.25) is 0 Å². The highest BCUT2D eigenvalue weighted by Gasteiger charge is 2.27. The van der Waals surface area contributed by atoms with Crippen molar-refractivity contribution in [2.45, 2.75) is 33.7 Å². The fourth-order valence-electron chi connectivity index (χ4n) is 3.59. The highest BCUT2D eigenvalue weighted by atomic mass is 16.5. The van der Waals surface area contributed by atoms with Gasteiger partial charge in [-0.2, -0.15) is 0 Å². The molecule has 0 N–H and O–H groups in total. The Morgan fingerprint density at radius 2 is 1.73 bits per heavy atom. The van der Waals surface area contributed by atoms with Crippen molar-refractivity contribution in [1.29, 1.82) is 0 Å². The van der Waals surface area contributed by atoms with Crippen LogP contribution in [-0.2, 0) is 24.8 Å². The van der Waals surface area contributed by atoms with E-state index in [9.17, 15) is 14.4 Å². The molecule has 7 heteroatoms. The average molecular weight is 410 g/mol. The van der Waals surface area contributed by atoms with Gasteiger partial charge in [0.15, 0.2) is 17.2 Å². The number of nitrogens with zero attached hydrogens (tertiary/aromatic N) is 2. The summed E-state index contributed by atoms with van der Waals surface area (Å²) in [6, 6.07) is 10.7. The van der Waals surface area contributed by atoms with Crippen LogP contribution in [0.4, 0.5) is 0 Å². The van der Waals surface area contributed by atoms with Gasteiger partial charge in [-0.1, -0.05) is 37.3 Å². The van der Waals surface area contributed by atoms with E-state index in [4.69, 9.17) is 9.47 Å². The Balaban J connectivity index is 2.23. The molecule has 0 atom stereocenters. The number of aromatic nitrogens is 2. The van der Waals surface area contributed by atoms with Crippen molar-refractivity contribution in [2.75, 3.05) is 13.2 Å². The lowest BCUT2D eigenvalue weighted by Gasteiger charge is -2.12. The van der Waals surface area contributed by atoms with Crippen molar-refractivity contribution in [3.8, 4) is 5.75 Å². The number of carbonyl (C=O) groups is 2. The highest BCUT2D eigenvalue weighted by molar-refractivity contribution is 6.02. The van der Waals surface area contributed by atoms with E-state index < -0.39 is 5.97 Å². The van der Waals surface area contributed by atoms with E-state index in [0.29, 0.717) is 23.2 Å². The first-order valence-corrected chi connectivity index (χ1v) is 10.1. The van der Waals surface area contributed by atoms with Gasteiger partial charge < -0.3 is 18.6 Å². The standard InChI is InChI=1S/C23H26N2O5/c1-5-16-13-17-19(21(29-6-2)20(24(17)4)23(28)30-7-3)22(27)25(16)14-18(26)15-11-9-8-10-12-15/h8-13H,5-7,14H2,1-4H3. The van der Waals surface area contributed by atoms with E-state index in [1.165, 1.54) is 4.57 Å². The molecule has 0 radical (unpaired) electrons. The van der Waals surface area contributed by atoms with Crippen LogP contribution in [0.25, 0.3) is 10.9 Å². The Morgan fingerprint density at radius 1 is 1.03 bits per heavy atom. The molecule has 0 unspecified atom stereocenters. The van der Waals surface area contributed by atoms with E-state index in [-0.39, 0.29) is 47.9 Å². The maximum atomic E-state index is 13.5. The number of fused-ring (bicyclic) bond motifs is 1. The quantitative estimate of drug-likeness (QED) is 0.420. The number of Topliss-reactive ketones (excluding diaryl/α,β-unsaturated/α-hetero) is 1. The summed E-state index contributed by atoms with van der Waals surface area (Å²) in [5.74, 6) is -0.516. The molecule has 3 aromatic rings. The Morgan fingerprint density at radius 3 is 2.33 bits per heavy atom. The van der Waals surface area contributed by atoms with Crippen molar-refractivity contribution in [3.63, 3.8) is 0 Å². The molecule has 0 amide bonds. The van der Waals surface area contributed by atoms with Crippen molar-refractivity contribution in [1.82, 2.24) is 9.13 Å². The topological polar surface area (TPSA) is 79.5 Å². The van der Waals surface area contributed by atoms with Gasteiger partial charge in [-0.15, -0.1) is 0 Å². The number of aryl methyl sites for hydroxylation is 2. The predicted molar refractivity (Wildman–Crippen MR) is 114 cm³/mol. The zero-order valence-corrected chi connectivity index (χ0v) is 17.7. The molecule has 158 valence electrons. The molecule has 1 aromatic carbocycles. The number of hydrogen-bond acceptors (Lipinski definition) is 5. The molecule has 2 aromatic heterocycles. The van der Waals surface area contributed by atoms with Crippen LogP contribution >= 0.6 is 0 Å². The molecular formula is C23H26N2O5. The Labute approximate surface area is 174 Å². The first kappa shape index (κ1) is 21.4. The molecular weight excluding hydrogens is 384 g/mol. The molecule has 7 nitrogen and oxygen atoms in total. The molecule has 0 bridgehead atoms. The van der Waals surface area contributed by atoms with Gasteiger partial charge in [0.05, 0.1) is 25.3 Å². The second kappa shape index (κ2) is 8.98. The predicted octanol–water partition coefficient (Wildman–Crippen LogP) is 3.36. The van der Waals surface area contributed by atoms with Crippen LogP contribution in [0.1, 0.15) is 47.3 Å². The van der Waals surface area contributed by atoms with Crippen LogP contribution in [0.2, 0.25) is 0 Å². The number of hydrogen-bond donors (Lipinski definition) is 0. The minimum atomic E-state index is -0.552.